The van der Waals surface area contributed by atoms with E-state index in [0.717, 1.165) is 0 Å². The molecular formula is C9H22NO3P. The Morgan fingerprint density at radius 3 is 1.93 bits per heavy atom. The molecular weight excluding hydrogens is 201 g/mol. The van der Waals surface area contributed by atoms with Crippen molar-refractivity contribution in [1.29, 1.82) is 0 Å². The molecule has 4 nitrogen and oxygen atoms in total. The lowest BCUT2D eigenvalue weighted by Crippen LogP contribution is -2.43. The van der Waals surface area contributed by atoms with E-state index in [1.54, 1.807) is 0 Å². The maximum Gasteiger partial charge on any atom is 0.346 e. The second-order valence-electron chi connectivity index (χ2n) is 4.22. The summed E-state index contributed by atoms with van der Waals surface area (Å²) >= 11 is 0. The lowest BCUT2D eigenvalue weighted by molar-refractivity contribution is 0.246. The Balaban J connectivity index is 4.63. The van der Waals surface area contributed by atoms with Gasteiger partial charge < -0.3 is 9.05 Å². The summed E-state index contributed by atoms with van der Waals surface area (Å²) in [5.41, 5.74) is -0.104. The van der Waals surface area contributed by atoms with E-state index >= 15 is 0 Å². The van der Waals surface area contributed by atoms with Crippen LogP contribution < -0.4 is 5.32 Å². The molecule has 0 fully saturated rings. The highest BCUT2D eigenvalue weighted by Gasteiger charge is 2.34. The van der Waals surface area contributed by atoms with Crippen LogP contribution in [0.3, 0.4) is 0 Å². The van der Waals surface area contributed by atoms with Gasteiger partial charge in [0.05, 0.1) is 0 Å². The molecule has 0 aliphatic heterocycles. The van der Waals surface area contributed by atoms with Crippen molar-refractivity contribution in [3.8, 4) is 0 Å². The number of rotatable bonds is 5. The topological polar surface area (TPSA) is 47.6 Å². The van der Waals surface area contributed by atoms with E-state index in [1.165, 1.54) is 14.2 Å². The maximum absolute atomic E-state index is 12.1. The van der Waals surface area contributed by atoms with Gasteiger partial charge in [0.2, 0.25) is 0 Å². The summed E-state index contributed by atoms with van der Waals surface area (Å²) in [5, 5.41) is 3.24. The van der Waals surface area contributed by atoms with Crippen LogP contribution in [-0.4, -0.2) is 25.5 Å². The van der Waals surface area contributed by atoms with Crippen molar-refractivity contribution in [1.82, 2.24) is 5.32 Å². The Morgan fingerprint density at radius 2 is 1.71 bits per heavy atom. The maximum atomic E-state index is 12.1. The average molecular weight is 223 g/mol. The molecule has 0 heterocycles. The second kappa shape index (κ2) is 5.26. The second-order valence-corrected chi connectivity index (χ2v) is 6.66. The molecule has 0 rings (SSSR count). The minimum atomic E-state index is -3.00. The molecule has 1 atom stereocenters. The van der Waals surface area contributed by atoms with Gasteiger partial charge in [-0.25, -0.2) is 0 Å². The number of nitrogens with one attached hydrogen (secondary N) is 1. The summed E-state index contributed by atoms with van der Waals surface area (Å²) in [6.07, 6.45) is 0.705. The van der Waals surface area contributed by atoms with Crippen LogP contribution in [0.4, 0.5) is 0 Å². The molecule has 1 N–H and O–H groups in total. The first kappa shape index (κ1) is 14.1. The van der Waals surface area contributed by atoms with Gasteiger partial charge in [0.25, 0.3) is 0 Å². The fourth-order valence-corrected chi connectivity index (χ4v) is 2.88. The van der Waals surface area contributed by atoms with E-state index in [0.29, 0.717) is 6.42 Å². The fraction of sp³-hybridized carbons (Fsp3) is 1.00. The Hall–Kier alpha value is 0.110. The van der Waals surface area contributed by atoms with Gasteiger partial charge in [0, 0.05) is 19.8 Å². The zero-order valence-corrected chi connectivity index (χ0v) is 10.9. The van der Waals surface area contributed by atoms with Crippen LogP contribution in [0.25, 0.3) is 0 Å². The quantitative estimate of drug-likeness (QED) is 0.728. The smallest absolute Gasteiger partial charge is 0.311 e. The van der Waals surface area contributed by atoms with Gasteiger partial charge in [-0.1, -0.05) is 6.92 Å². The van der Waals surface area contributed by atoms with Crippen molar-refractivity contribution in [2.45, 2.75) is 45.4 Å². The Bertz CT molecular complexity index is 205. The Kier molecular flexibility index (Phi) is 5.31. The molecule has 86 valence electrons. The molecule has 0 saturated heterocycles. The summed E-state index contributed by atoms with van der Waals surface area (Å²) in [6, 6.07) is 0. The van der Waals surface area contributed by atoms with Crippen LogP contribution in [-0.2, 0) is 13.6 Å². The predicted octanol–water partition coefficient (Wildman–Crippen LogP) is 2.60. The van der Waals surface area contributed by atoms with E-state index in [-0.39, 0.29) is 11.3 Å². The van der Waals surface area contributed by atoms with Gasteiger partial charge in [0.15, 0.2) is 0 Å². The van der Waals surface area contributed by atoms with Crippen LogP contribution in [0.15, 0.2) is 0 Å². The lowest BCUT2D eigenvalue weighted by atomic mass is 10.1. The largest absolute Gasteiger partial charge is 0.346 e. The van der Waals surface area contributed by atoms with Crippen LogP contribution >= 0.6 is 7.60 Å². The fourth-order valence-electron chi connectivity index (χ4n) is 1.23. The number of hydrogen-bond acceptors (Lipinski definition) is 4. The van der Waals surface area contributed by atoms with Gasteiger partial charge >= 0.3 is 7.60 Å². The first-order valence-corrected chi connectivity index (χ1v) is 6.39. The summed E-state index contributed by atoms with van der Waals surface area (Å²) in [4.78, 5) is 0. The van der Waals surface area contributed by atoms with Crippen LogP contribution in [0.5, 0.6) is 0 Å². The summed E-state index contributed by atoms with van der Waals surface area (Å²) in [7, 11) is -0.171. The zero-order valence-electron chi connectivity index (χ0n) is 9.96. The molecule has 0 aromatic heterocycles. The van der Waals surface area contributed by atoms with Crippen molar-refractivity contribution in [3.63, 3.8) is 0 Å². The van der Waals surface area contributed by atoms with Crippen LogP contribution in [0, 0.1) is 0 Å². The van der Waals surface area contributed by atoms with Crippen molar-refractivity contribution >= 4 is 7.60 Å². The minimum Gasteiger partial charge on any atom is -0.311 e. The molecule has 0 aromatic carbocycles. The SMILES string of the molecule is CCC(NC(C)(C)C)P(=O)(OC)OC. The Labute approximate surface area is 86.9 Å². The lowest BCUT2D eigenvalue weighted by Gasteiger charge is -2.31. The summed E-state index contributed by atoms with van der Waals surface area (Å²) in [6.45, 7) is 8.01. The zero-order chi connectivity index (χ0) is 11.4. The van der Waals surface area contributed by atoms with Crippen molar-refractivity contribution < 1.29 is 13.6 Å². The van der Waals surface area contributed by atoms with Crippen LogP contribution in [0.2, 0.25) is 0 Å². The molecule has 0 aliphatic carbocycles. The monoisotopic (exact) mass is 223 g/mol. The standard InChI is InChI=1S/C9H22NO3P/c1-7-8(10-9(2,3)4)14(11,12-5)13-6/h8,10H,7H2,1-6H3. The third-order valence-electron chi connectivity index (χ3n) is 1.88. The van der Waals surface area contributed by atoms with E-state index in [2.05, 4.69) is 5.32 Å². The highest BCUT2D eigenvalue weighted by molar-refractivity contribution is 7.54. The molecule has 0 saturated carbocycles. The normalized spacial score (nSPS) is 15.6. The van der Waals surface area contributed by atoms with E-state index in [1.807, 2.05) is 27.7 Å². The first-order valence-electron chi connectivity index (χ1n) is 4.78. The molecule has 14 heavy (non-hydrogen) atoms. The molecule has 5 heteroatoms. The third-order valence-corrected chi connectivity index (χ3v) is 4.15. The molecule has 0 aliphatic rings. The van der Waals surface area contributed by atoms with E-state index < -0.39 is 7.60 Å². The van der Waals surface area contributed by atoms with Gasteiger partial charge in [-0.15, -0.1) is 0 Å². The third kappa shape index (κ3) is 4.09. The van der Waals surface area contributed by atoms with Gasteiger partial charge in [0.1, 0.15) is 5.78 Å². The van der Waals surface area contributed by atoms with Gasteiger partial charge in [-0.3, -0.25) is 9.88 Å². The number of hydrogen-bond donors (Lipinski definition) is 1. The minimum absolute atomic E-state index is 0.104. The van der Waals surface area contributed by atoms with Crippen LogP contribution in [0.1, 0.15) is 34.1 Å². The first-order chi connectivity index (χ1) is 6.29. The summed E-state index contributed by atoms with van der Waals surface area (Å²) in [5.74, 6) is -0.252. The van der Waals surface area contributed by atoms with Crippen molar-refractivity contribution in [2.75, 3.05) is 14.2 Å². The van der Waals surface area contributed by atoms with E-state index in [4.69, 9.17) is 9.05 Å². The predicted molar refractivity (Wildman–Crippen MR) is 58.6 cm³/mol. The average Bonchev–Trinajstić information content (AvgIpc) is 2.11. The molecule has 0 amide bonds. The van der Waals surface area contributed by atoms with Crippen molar-refractivity contribution in [3.05, 3.63) is 0 Å². The van der Waals surface area contributed by atoms with E-state index in [9.17, 15) is 4.57 Å². The van der Waals surface area contributed by atoms with Gasteiger partial charge in [-0.05, 0) is 27.2 Å². The highest BCUT2D eigenvalue weighted by atomic mass is 31.2. The molecule has 0 spiro atoms. The molecule has 1 unspecified atom stereocenters. The Morgan fingerprint density at radius 1 is 1.29 bits per heavy atom. The summed E-state index contributed by atoms with van der Waals surface area (Å²) < 4.78 is 22.0. The molecule has 0 radical (unpaired) electrons. The highest BCUT2D eigenvalue weighted by Crippen LogP contribution is 2.52. The van der Waals surface area contributed by atoms with Crippen molar-refractivity contribution in [2.24, 2.45) is 0 Å². The van der Waals surface area contributed by atoms with Gasteiger partial charge in [-0.2, -0.15) is 0 Å². The molecule has 0 aromatic rings. The molecule has 0 bridgehead atoms.